The van der Waals surface area contributed by atoms with Crippen LogP contribution in [0.15, 0.2) is 0 Å². The fourth-order valence-electron chi connectivity index (χ4n) is 1.75. The number of rotatable bonds is 9. The minimum atomic E-state index is -0.574. The number of methoxy groups -OCH3 is 1. The molecule has 0 aromatic carbocycles. The maximum absolute atomic E-state index is 12.2. The van der Waals surface area contributed by atoms with E-state index in [2.05, 4.69) is 10.6 Å². The molecule has 4 N–H and O–H groups in total. The number of nitrogens with two attached hydrogens (primary N) is 1. The van der Waals surface area contributed by atoms with Crippen molar-refractivity contribution < 1.29 is 14.3 Å². The van der Waals surface area contributed by atoms with Gasteiger partial charge in [0.15, 0.2) is 0 Å². The predicted octanol–water partition coefficient (Wildman–Crippen LogP) is 0.407. The van der Waals surface area contributed by atoms with Gasteiger partial charge in [-0.05, 0) is 18.8 Å². The lowest BCUT2D eigenvalue weighted by Crippen LogP contribution is -2.55. The Morgan fingerprint density at radius 1 is 1.25 bits per heavy atom. The Balaban J connectivity index is 4.55. The van der Waals surface area contributed by atoms with E-state index in [1.54, 1.807) is 0 Å². The van der Waals surface area contributed by atoms with Gasteiger partial charge in [0.05, 0.1) is 0 Å². The molecule has 0 aromatic rings. The van der Waals surface area contributed by atoms with Crippen LogP contribution in [0.3, 0.4) is 0 Å². The van der Waals surface area contributed by atoms with E-state index < -0.39 is 11.6 Å². The van der Waals surface area contributed by atoms with Crippen LogP contribution in [0.25, 0.3) is 0 Å². The monoisotopic (exact) mass is 287 g/mol. The summed E-state index contributed by atoms with van der Waals surface area (Å²) in [4.78, 5) is 23.7. The number of carbonyl (C=O) groups is 2. The largest absolute Gasteiger partial charge is 0.375 e. The van der Waals surface area contributed by atoms with Crippen LogP contribution in [-0.4, -0.2) is 43.7 Å². The summed E-state index contributed by atoms with van der Waals surface area (Å²) in [6.07, 6.45) is 1.57. The van der Waals surface area contributed by atoms with Crippen molar-refractivity contribution in [2.75, 3.05) is 20.3 Å². The van der Waals surface area contributed by atoms with E-state index in [0.29, 0.717) is 6.54 Å². The van der Waals surface area contributed by atoms with Gasteiger partial charge < -0.3 is 21.1 Å². The first-order valence-corrected chi connectivity index (χ1v) is 7.14. The molecule has 0 radical (unpaired) electrons. The molecule has 0 saturated carbocycles. The Morgan fingerprint density at radius 2 is 1.80 bits per heavy atom. The SMILES string of the molecule is CCC(N)(CC)CNC(=O)[C@@H](NC(=O)COC)C(C)C. The second-order valence-electron chi connectivity index (χ2n) is 5.51. The Kier molecular flexibility index (Phi) is 8.41. The molecule has 1 atom stereocenters. The molecular formula is C14H29N3O3. The maximum Gasteiger partial charge on any atom is 0.246 e. The van der Waals surface area contributed by atoms with Crippen molar-refractivity contribution in [1.82, 2.24) is 10.6 Å². The molecule has 0 aliphatic heterocycles. The molecule has 0 rings (SSSR count). The number of hydrogen-bond acceptors (Lipinski definition) is 4. The summed E-state index contributed by atoms with van der Waals surface area (Å²) in [6, 6.07) is -0.574. The molecule has 0 saturated heterocycles. The summed E-state index contributed by atoms with van der Waals surface area (Å²) in [5.41, 5.74) is 5.75. The van der Waals surface area contributed by atoms with Crippen LogP contribution in [-0.2, 0) is 14.3 Å². The van der Waals surface area contributed by atoms with E-state index in [0.717, 1.165) is 12.8 Å². The summed E-state index contributed by atoms with van der Waals surface area (Å²) in [5, 5.41) is 5.51. The minimum absolute atomic E-state index is 0.00812. The van der Waals surface area contributed by atoms with Gasteiger partial charge in [0.1, 0.15) is 12.6 Å². The van der Waals surface area contributed by atoms with Crippen LogP contribution >= 0.6 is 0 Å². The molecule has 20 heavy (non-hydrogen) atoms. The molecule has 0 heterocycles. The Morgan fingerprint density at radius 3 is 2.20 bits per heavy atom. The zero-order chi connectivity index (χ0) is 15.8. The quantitative estimate of drug-likeness (QED) is 0.572. The molecule has 118 valence electrons. The highest BCUT2D eigenvalue weighted by atomic mass is 16.5. The normalized spacial score (nSPS) is 13.2. The molecule has 0 aromatic heterocycles. The highest BCUT2D eigenvalue weighted by Gasteiger charge is 2.27. The maximum atomic E-state index is 12.2. The lowest BCUT2D eigenvalue weighted by atomic mass is 9.94. The molecule has 0 aliphatic carbocycles. The lowest BCUT2D eigenvalue weighted by molar-refractivity contribution is -0.132. The molecule has 0 unspecified atom stereocenters. The first kappa shape index (κ1) is 18.9. The molecule has 2 amide bonds. The first-order chi connectivity index (χ1) is 9.29. The fraction of sp³-hybridized carbons (Fsp3) is 0.857. The summed E-state index contributed by atoms with van der Waals surface area (Å²) in [5.74, 6) is -0.515. The smallest absolute Gasteiger partial charge is 0.246 e. The molecule has 0 aliphatic rings. The van der Waals surface area contributed by atoms with Crippen molar-refractivity contribution in [3.63, 3.8) is 0 Å². The Hall–Kier alpha value is -1.14. The number of hydrogen-bond donors (Lipinski definition) is 3. The van der Waals surface area contributed by atoms with Crippen molar-refractivity contribution >= 4 is 11.8 Å². The lowest BCUT2D eigenvalue weighted by Gasteiger charge is -2.29. The Labute approximate surface area is 121 Å². The van der Waals surface area contributed by atoms with E-state index in [4.69, 9.17) is 10.5 Å². The van der Waals surface area contributed by atoms with Crippen LogP contribution in [0, 0.1) is 5.92 Å². The van der Waals surface area contributed by atoms with Crippen molar-refractivity contribution in [1.29, 1.82) is 0 Å². The van der Waals surface area contributed by atoms with Crippen molar-refractivity contribution in [2.45, 2.75) is 52.1 Å². The highest BCUT2D eigenvalue weighted by Crippen LogP contribution is 2.10. The number of carbonyl (C=O) groups excluding carboxylic acids is 2. The van der Waals surface area contributed by atoms with Crippen molar-refractivity contribution in [2.24, 2.45) is 11.7 Å². The number of ether oxygens (including phenoxy) is 1. The van der Waals surface area contributed by atoms with Gasteiger partial charge in [-0.2, -0.15) is 0 Å². The van der Waals surface area contributed by atoms with Gasteiger partial charge in [-0.1, -0.05) is 27.7 Å². The van der Waals surface area contributed by atoms with E-state index in [1.165, 1.54) is 7.11 Å². The first-order valence-electron chi connectivity index (χ1n) is 7.14. The molecular weight excluding hydrogens is 258 g/mol. The number of nitrogens with one attached hydrogen (secondary N) is 2. The van der Waals surface area contributed by atoms with Gasteiger partial charge in [0, 0.05) is 19.2 Å². The van der Waals surface area contributed by atoms with Crippen molar-refractivity contribution in [3.8, 4) is 0 Å². The number of amides is 2. The third kappa shape index (κ3) is 6.34. The molecule has 0 spiro atoms. The van der Waals surface area contributed by atoms with Gasteiger partial charge in [-0.15, -0.1) is 0 Å². The van der Waals surface area contributed by atoms with E-state index >= 15 is 0 Å². The zero-order valence-corrected chi connectivity index (χ0v) is 13.3. The summed E-state index contributed by atoms with van der Waals surface area (Å²) in [7, 11) is 1.44. The van der Waals surface area contributed by atoms with E-state index in [9.17, 15) is 9.59 Å². The minimum Gasteiger partial charge on any atom is -0.375 e. The topological polar surface area (TPSA) is 93.5 Å². The van der Waals surface area contributed by atoms with E-state index in [1.807, 2.05) is 27.7 Å². The fourth-order valence-corrected chi connectivity index (χ4v) is 1.75. The highest BCUT2D eigenvalue weighted by molar-refractivity contribution is 5.88. The average Bonchev–Trinajstić information content (AvgIpc) is 2.41. The second kappa shape index (κ2) is 8.92. The van der Waals surface area contributed by atoms with Gasteiger partial charge in [0.25, 0.3) is 0 Å². The second-order valence-corrected chi connectivity index (χ2v) is 5.51. The van der Waals surface area contributed by atoms with Crippen LogP contribution < -0.4 is 16.4 Å². The predicted molar refractivity (Wildman–Crippen MR) is 79.2 cm³/mol. The molecule has 0 bridgehead atoms. The van der Waals surface area contributed by atoms with Crippen molar-refractivity contribution in [3.05, 3.63) is 0 Å². The summed E-state index contributed by atoms with van der Waals surface area (Å²) < 4.78 is 4.75. The summed E-state index contributed by atoms with van der Waals surface area (Å²) in [6.45, 7) is 8.11. The van der Waals surface area contributed by atoms with Crippen LogP contribution in [0.5, 0.6) is 0 Å². The van der Waals surface area contributed by atoms with Gasteiger partial charge >= 0.3 is 0 Å². The molecule has 6 nitrogen and oxygen atoms in total. The molecule has 0 fully saturated rings. The standard InChI is InChI=1S/C14H29N3O3/c1-6-14(15,7-2)9-16-13(19)12(10(3)4)17-11(18)8-20-5/h10,12H,6-9,15H2,1-5H3,(H,16,19)(H,17,18)/t12-/m0/s1. The third-order valence-corrected chi connectivity index (χ3v) is 3.56. The Bertz CT molecular complexity index is 315. The average molecular weight is 287 g/mol. The third-order valence-electron chi connectivity index (χ3n) is 3.56. The zero-order valence-electron chi connectivity index (χ0n) is 13.3. The van der Waals surface area contributed by atoms with Crippen LogP contribution in [0.1, 0.15) is 40.5 Å². The summed E-state index contributed by atoms with van der Waals surface area (Å²) >= 11 is 0. The van der Waals surface area contributed by atoms with Gasteiger partial charge in [-0.3, -0.25) is 9.59 Å². The molecule has 6 heteroatoms. The van der Waals surface area contributed by atoms with E-state index in [-0.39, 0.29) is 24.3 Å². The van der Waals surface area contributed by atoms with Gasteiger partial charge in [-0.25, -0.2) is 0 Å². The van der Waals surface area contributed by atoms with Gasteiger partial charge in [0.2, 0.25) is 11.8 Å². The van der Waals surface area contributed by atoms with Crippen LogP contribution in [0.4, 0.5) is 0 Å². The van der Waals surface area contributed by atoms with Crippen LogP contribution in [0.2, 0.25) is 0 Å².